The first-order valence-electron chi connectivity index (χ1n) is 12.5. The average Bonchev–Trinajstić information content (AvgIpc) is 3.53. The first-order chi connectivity index (χ1) is 16.4. The predicted molar refractivity (Wildman–Crippen MR) is 151 cm³/mol. The van der Waals surface area contributed by atoms with Gasteiger partial charge in [-0.25, -0.2) is 0 Å². The molecule has 0 atom stereocenters. The van der Waals surface area contributed by atoms with E-state index < -0.39 is 53.8 Å². The van der Waals surface area contributed by atoms with Crippen molar-refractivity contribution in [1.82, 2.24) is 0 Å². The maximum Gasteiger partial charge on any atom is -1.00 e. The van der Waals surface area contributed by atoms with Crippen LogP contribution in [0.15, 0.2) is 91.6 Å². The molecule has 0 heterocycles. The quantitative estimate of drug-likeness (QED) is 0.394. The Labute approximate surface area is 249 Å². The molecule has 0 spiro atoms. The van der Waals surface area contributed by atoms with Crippen LogP contribution in [-0.4, -0.2) is 12.0 Å². The van der Waals surface area contributed by atoms with E-state index in [0.717, 1.165) is 0 Å². The molecule has 0 saturated carbocycles. The Morgan fingerprint density at radius 2 is 0.972 bits per heavy atom. The molecule has 2 aromatic rings. The van der Waals surface area contributed by atoms with Crippen molar-refractivity contribution in [2.45, 2.75) is 52.9 Å². The van der Waals surface area contributed by atoms with Crippen molar-refractivity contribution in [2.24, 2.45) is 0 Å². The summed E-state index contributed by atoms with van der Waals surface area (Å²) in [5.74, 6) is -1.07. The van der Waals surface area contributed by atoms with Gasteiger partial charge in [-0.1, -0.05) is 0 Å². The number of anilines is 2. The van der Waals surface area contributed by atoms with Gasteiger partial charge in [-0.05, 0) is 0 Å². The van der Waals surface area contributed by atoms with Gasteiger partial charge in [-0.15, -0.1) is 0 Å². The largest absolute Gasteiger partial charge is 1.00 e. The van der Waals surface area contributed by atoms with Crippen LogP contribution >= 0.6 is 0 Å². The van der Waals surface area contributed by atoms with Gasteiger partial charge in [-0.2, -0.15) is 0 Å². The number of nitrogens with one attached hydrogen (secondary N) is 2. The second kappa shape index (κ2) is 17.4. The van der Waals surface area contributed by atoms with Crippen LogP contribution in [0, 0.1) is 13.8 Å². The van der Waals surface area contributed by atoms with E-state index in [-0.39, 0.29) is 24.8 Å². The molecule has 8 heteroatoms. The van der Waals surface area contributed by atoms with E-state index in [4.69, 9.17) is 0 Å². The van der Waals surface area contributed by atoms with E-state index in [9.17, 15) is 0 Å². The molecule has 2 aliphatic rings. The van der Waals surface area contributed by atoms with Crippen LogP contribution in [0.4, 0.5) is 11.4 Å². The maximum absolute atomic E-state index is 3.96. The molecule has 0 amide bonds. The smallest absolute Gasteiger partial charge is 1.00 e. The van der Waals surface area contributed by atoms with Gasteiger partial charge < -0.3 is 24.8 Å². The van der Waals surface area contributed by atoms with Crippen molar-refractivity contribution in [1.29, 1.82) is 0 Å². The summed E-state index contributed by atoms with van der Waals surface area (Å²) < 4.78 is 11.4. The molecule has 2 aliphatic carbocycles. The summed E-state index contributed by atoms with van der Waals surface area (Å²) in [7, 11) is 0. The molecule has 2 aromatic carbocycles. The number of allylic oxidation sites excluding steroid dienone is 8. The van der Waals surface area contributed by atoms with Crippen molar-refractivity contribution < 1.29 is 66.6 Å². The number of hydrogen-bond acceptors (Lipinski definition) is 2. The summed E-state index contributed by atoms with van der Waals surface area (Å²) in [6, 6.07) is 17.4. The fourth-order valence-electron chi connectivity index (χ4n) is 4.20. The van der Waals surface area contributed by atoms with E-state index >= 15 is 0 Å². The summed E-state index contributed by atoms with van der Waals surface area (Å²) >= 11 is -3.46. The van der Waals surface area contributed by atoms with E-state index in [1.807, 2.05) is 0 Å². The van der Waals surface area contributed by atoms with Crippen molar-refractivity contribution in [3.63, 3.8) is 0 Å². The van der Waals surface area contributed by atoms with Crippen LogP contribution in [0.25, 0.3) is 0 Å². The van der Waals surface area contributed by atoms with E-state index in [1.54, 1.807) is 6.66 Å². The molecule has 0 radical (unpaired) electrons. The minimum atomic E-state index is -1.73. The average molecular weight is 889 g/mol. The molecule has 0 aliphatic heterocycles. The summed E-state index contributed by atoms with van der Waals surface area (Å²) in [4.78, 5) is 0. The van der Waals surface area contributed by atoms with Gasteiger partial charge in [0.2, 0.25) is 0 Å². The second-order valence-electron chi connectivity index (χ2n) is 9.66. The Balaban J connectivity index is 0.000000341. The molecule has 0 saturated heterocycles. The fourth-order valence-corrected chi connectivity index (χ4v) is 44.2. The zero-order valence-corrected chi connectivity index (χ0v) is 33.4. The van der Waals surface area contributed by atoms with Gasteiger partial charge in [0.1, 0.15) is 0 Å². The third-order valence-electron chi connectivity index (χ3n) is 6.22. The molecule has 36 heavy (non-hydrogen) atoms. The zero-order valence-electron chi connectivity index (χ0n) is 22.4. The SMILES string of the molecule is Cc1ccccc1[NH][Hf+]([C]1=CC=CC1)[SiH](C)C.Cc1ccccc1[NH][Hf+]([C]1=CC=CC1)[SiH](C)C.[Cl-].[Cl-]. The van der Waals surface area contributed by atoms with Crippen LogP contribution in [0.5, 0.6) is 0 Å². The third-order valence-corrected chi connectivity index (χ3v) is 53.4. The van der Waals surface area contributed by atoms with Crippen LogP contribution in [0.3, 0.4) is 0 Å². The third kappa shape index (κ3) is 10.1. The Bertz CT molecular complexity index is 999. The predicted octanol–water partition coefficient (Wildman–Crippen LogP) is 1.54. The van der Waals surface area contributed by atoms with Crippen molar-refractivity contribution in [3.8, 4) is 0 Å². The molecule has 0 bridgehead atoms. The second-order valence-corrected chi connectivity index (χ2v) is 61.0. The van der Waals surface area contributed by atoms with Gasteiger partial charge in [0.05, 0.1) is 0 Å². The summed E-state index contributed by atoms with van der Waals surface area (Å²) in [6.07, 6.45) is 16.2. The summed E-state index contributed by atoms with van der Waals surface area (Å²) in [5, 5.41) is 0. The van der Waals surface area contributed by atoms with Crippen molar-refractivity contribution in [3.05, 3.63) is 103 Å². The van der Waals surface area contributed by atoms with E-state index in [1.165, 1.54) is 35.3 Å². The van der Waals surface area contributed by atoms with Crippen LogP contribution < -0.4 is 31.4 Å². The minimum absolute atomic E-state index is 0. The molecule has 2 nitrogen and oxygen atoms in total. The molecule has 2 N–H and O–H groups in total. The summed E-state index contributed by atoms with van der Waals surface area (Å²) in [6.45, 7) is 14.4. The van der Waals surface area contributed by atoms with Gasteiger partial charge in [0.25, 0.3) is 0 Å². The Morgan fingerprint density at radius 3 is 1.25 bits per heavy atom. The van der Waals surface area contributed by atoms with Crippen molar-refractivity contribution in [2.75, 3.05) is 6.61 Å². The first-order valence-corrected chi connectivity index (χ1v) is 37.9. The fraction of sp³-hybridized carbons (Fsp3) is 0.286. The molecule has 192 valence electrons. The normalized spacial score (nSPS) is 13.2. The number of aryl methyl sites for hydroxylation is 2. The Kier molecular flexibility index (Phi) is 16.3. The standard InChI is InChI=1S/2C7H8N.2C5H5.2C2H7Si.2ClH.2Hf/c2*1-6-4-2-3-5-7(6)8;2*1-2-4-5-3-1;2*1-3-2;;;;/h2*2-5,8H,1H3;2*1-3H,4H2;2*3H,1-2H3;2*1H;;/q2*-1;;;;;;;2*+2/p-2. The monoisotopic (exact) mass is 890 g/mol. The Hall–Kier alpha value is -0.246. The molecular formula is C28H40Cl2Hf2N2Si2. The van der Waals surface area contributed by atoms with E-state index in [2.05, 4.69) is 132 Å². The van der Waals surface area contributed by atoms with Gasteiger partial charge in [-0.3, -0.25) is 0 Å². The zero-order chi connectivity index (χ0) is 24.5. The number of halogens is 2. The molecule has 0 unspecified atom stereocenters. The number of para-hydroxylation sites is 2. The molecular weight excluding hydrogens is 848 g/mol. The first kappa shape index (κ1) is 33.8. The molecule has 4 rings (SSSR count). The number of benzene rings is 2. The van der Waals surface area contributed by atoms with E-state index in [0.29, 0.717) is 0 Å². The molecule has 0 fully saturated rings. The van der Waals surface area contributed by atoms with Gasteiger partial charge >= 0.3 is 227 Å². The summed E-state index contributed by atoms with van der Waals surface area (Å²) in [5.41, 5.74) is 5.53. The van der Waals surface area contributed by atoms with Crippen LogP contribution in [0.2, 0.25) is 26.2 Å². The number of rotatable bonds is 8. The number of hydrogen-bond donors (Lipinski definition) is 2. The maximum atomic E-state index is 3.96. The van der Waals surface area contributed by atoms with Gasteiger partial charge in [0, 0.05) is 0 Å². The van der Waals surface area contributed by atoms with Gasteiger partial charge in [0.15, 0.2) is 0 Å². The minimum Gasteiger partial charge on any atom is -1.00 e. The topological polar surface area (TPSA) is 24.1 Å². The molecule has 0 aromatic heterocycles. The van der Waals surface area contributed by atoms with Crippen molar-refractivity contribution >= 4 is 23.3 Å². The van der Waals surface area contributed by atoms with Crippen LogP contribution in [0.1, 0.15) is 24.0 Å². The Morgan fingerprint density at radius 1 is 0.611 bits per heavy atom. The van der Waals surface area contributed by atoms with Crippen LogP contribution in [-0.2, 0) is 41.8 Å².